The maximum atomic E-state index is 3.25. The van der Waals surface area contributed by atoms with E-state index in [1.165, 1.54) is 0 Å². The summed E-state index contributed by atoms with van der Waals surface area (Å²) in [6.07, 6.45) is 0. The van der Waals surface area contributed by atoms with Crippen LogP contribution >= 0.6 is 0 Å². The zero-order valence-electron chi connectivity index (χ0n) is 8.31. The average Bonchev–Trinajstić information content (AvgIpc) is 1.81. The Kier molecular flexibility index (Phi) is 927. The predicted molar refractivity (Wildman–Crippen MR) is 45.6 cm³/mol. The first-order valence-corrected chi connectivity index (χ1v) is 2.41. The van der Waals surface area contributed by atoms with Crippen molar-refractivity contribution in [2.24, 2.45) is 0 Å². The van der Waals surface area contributed by atoms with E-state index in [-0.39, 0.29) is 95.9 Å². The molecule has 0 amide bonds. The molecule has 0 nitrogen and oxygen atoms in total. The van der Waals surface area contributed by atoms with Crippen molar-refractivity contribution in [2.75, 3.05) is 0 Å². The maximum Gasteiger partial charge on any atom is 2.00 e. The minimum Gasteiger partial charge on any atom is -0.358 e. The van der Waals surface area contributed by atoms with Crippen molar-refractivity contribution in [3.05, 3.63) is 21.3 Å². The Morgan fingerprint density at radius 1 is 0.800 bits per heavy atom. The minimum absolute atomic E-state index is 0. The standard InChI is InChI=1S/C2H6.2C2H5.CH3.K.2V/c3*1-2;;;;/h1-2H3;2*1H2,2H3;1H3;;;/q;3*-1;;;+2. The molecule has 0 N–H and O–H groups in total. The molecule has 0 aromatic heterocycles. The molecule has 0 spiro atoms. The fourth-order valence-electron chi connectivity index (χ4n) is 0. The molecule has 0 atom stereocenters. The molecule has 0 aliphatic rings. The van der Waals surface area contributed by atoms with Gasteiger partial charge in [0.05, 0.1) is 0 Å². The summed E-state index contributed by atoms with van der Waals surface area (Å²) in [5.74, 6) is 0. The van der Waals surface area contributed by atoms with Crippen LogP contribution in [-0.4, -0.2) is 51.4 Å². The van der Waals surface area contributed by atoms with Crippen molar-refractivity contribution in [3.8, 4) is 0 Å². The van der Waals surface area contributed by atoms with Gasteiger partial charge in [0.2, 0.25) is 0 Å². The normalized spacial score (nSPS) is 1.80. The van der Waals surface area contributed by atoms with E-state index in [2.05, 4.69) is 13.8 Å². The monoisotopic (exact) mass is 244 g/mol. The molecule has 0 aliphatic carbocycles. The smallest absolute Gasteiger partial charge is 0.358 e. The zero-order valence-corrected chi connectivity index (χ0v) is 14.2. The Bertz CT molecular complexity index is 11.6. The van der Waals surface area contributed by atoms with Crippen molar-refractivity contribution in [1.29, 1.82) is 0 Å². The van der Waals surface area contributed by atoms with Gasteiger partial charge in [-0.05, 0) is 0 Å². The van der Waals surface area contributed by atoms with Crippen LogP contribution in [0.1, 0.15) is 27.7 Å². The summed E-state index contributed by atoms with van der Waals surface area (Å²) in [5.41, 5.74) is 0. The molecule has 3 heteroatoms. The average molecular weight is 244 g/mol. The SMILES string of the molecule is CC.[CH2-]C.[CH2-]C.[CH3-].[K].[V+2].[V]. The van der Waals surface area contributed by atoms with E-state index in [0.717, 1.165) is 0 Å². The fraction of sp³-hybridized carbons (Fsp3) is 0.571. The molecule has 59 valence electrons. The maximum absolute atomic E-state index is 3.25. The summed E-state index contributed by atoms with van der Waals surface area (Å²) < 4.78 is 0. The number of rotatable bonds is 0. The molecule has 0 bridgehead atoms. The molecule has 3 radical (unpaired) electrons. The second-order valence-electron chi connectivity index (χ2n) is 0. The fourth-order valence-corrected chi connectivity index (χ4v) is 0. The van der Waals surface area contributed by atoms with E-state index in [1.807, 2.05) is 13.8 Å². The van der Waals surface area contributed by atoms with Gasteiger partial charge in [0.15, 0.2) is 0 Å². The second kappa shape index (κ2) is 175. The van der Waals surface area contributed by atoms with Gasteiger partial charge in [0.1, 0.15) is 0 Å². The van der Waals surface area contributed by atoms with Crippen LogP contribution in [-0.2, 0) is 37.1 Å². The molecule has 0 saturated heterocycles. The van der Waals surface area contributed by atoms with Crippen LogP contribution in [0, 0.1) is 21.3 Å². The van der Waals surface area contributed by atoms with Crippen LogP contribution in [0.2, 0.25) is 0 Å². The minimum atomic E-state index is 0. The van der Waals surface area contributed by atoms with Crippen LogP contribution in [0.25, 0.3) is 0 Å². The first kappa shape index (κ1) is 53.0. The van der Waals surface area contributed by atoms with Gasteiger partial charge in [-0.25, -0.2) is 0 Å². The molecular weight excluding hydrogens is 225 g/mol. The molecule has 0 rings (SSSR count). The number of hydrogen-bond acceptors (Lipinski definition) is 0. The van der Waals surface area contributed by atoms with E-state index >= 15 is 0 Å². The Balaban J connectivity index is -0.00000000225. The van der Waals surface area contributed by atoms with Crippen molar-refractivity contribution in [2.45, 2.75) is 27.7 Å². The first-order chi connectivity index (χ1) is 3.00. The van der Waals surface area contributed by atoms with E-state index in [4.69, 9.17) is 0 Å². The van der Waals surface area contributed by atoms with Crippen molar-refractivity contribution in [1.82, 2.24) is 0 Å². The van der Waals surface area contributed by atoms with Gasteiger partial charge in [-0.3, -0.25) is 0 Å². The quantitative estimate of drug-likeness (QED) is 0.454. The second-order valence-corrected chi connectivity index (χ2v) is 0. The Morgan fingerprint density at radius 3 is 0.800 bits per heavy atom. The molecule has 0 unspecified atom stereocenters. The van der Waals surface area contributed by atoms with Crippen LogP contribution in [0.4, 0.5) is 0 Å². The first-order valence-electron chi connectivity index (χ1n) is 2.41. The van der Waals surface area contributed by atoms with E-state index in [9.17, 15) is 0 Å². The van der Waals surface area contributed by atoms with Crippen molar-refractivity contribution < 1.29 is 37.1 Å². The van der Waals surface area contributed by atoms with Gasteiger partial charge in [0, 0.05) is 69.9 Å². The van der Waals surface area contributed by atoms with Gasteiger partial charge < -0.3 is 21.3 Å². The van der Waals surface area contributed by atoms with Crippen molar-refractivity contribution in [3.63, 3.8) is 0 Å². The molecule has 10 heavy (non-hydrogen) atoms. The van der Waals surface area contributed by atoms with Gasteiger partial charge >= 0.3 is 18.6 Å². The van der Waals surface area contributed by atoms with E-state index in [0.29, 0.717) is 0 Å². The molecule has 0 aromatic carbocycles. The third-order valence-corrected chi connectivity index (χ3v) is 0. The van der Waals surface area contributed by atoms with Gasteiger partial charge in [0.25, 0.3) is 0 Å². The van der Waals surface area contributed by atoms with Crippen LogP contribution in [0.5, 0.6) is 0 Å². The third-order valence-electron chi connectivity index (χ3n) is 0. The Hall–Kier alpha value is 2.81. The van der Waals surface area contributed by atoms with E-state index < -0.39 is 0 Å². The largest absolute Gasteiger partial charge is 2.00 e. The molecule has 0 saturated carbocycles. The van der Waals surface area contributed by atoms with Crippen LogP contribution in [0.15, 0.2) is 0 Å². The Morgan fingerprint density at radius 2 is 0.800 bits per heavy atom. The molecule has 0 aliphatic heterocycles. The van der Waals surface area contributed by atoms with Gasteiger partial charge in [-0.1, -0.05) is 13.8 Å². The number of hydrogen-bond donors (Lipinski definition) is 0. The summed E-state index contributed by atoms with van der Waals surface area (Å²) in [4.78, 5) is 0. The topological polar surface area (TPSA) is 0 Å². The molecule has 0 fully saturated rings. The zero-order chi connectivity index (χ0) is 6.00. The summed E-state index contributed by atoms with van der Waals surface area (Å²) in [6.45, 7) is 14.0. The van der Waals surface area contributed by atoms with Crippen molar-refractivity contribution >= 4 is 51.4 Å². The Labute approximate surface area is 135 Å². The van der Waals surface area contributed by atoms with Crippen LogP contribution < -0.4 is 0 Å². The van der Waals surface area contributed by atoms with E-state index in [1.54, 1.807) is 13.8 Å². The predicted octanol–water partition coefficient (Wildman–Crippen LogP) is 2.77. The van der Waals surface area contributed by atoms with Gasteiger partial charge in [-0.2, -0.15) is 13.8 Å². The van der Waals surface area contributed by atoms with Crippen LogP contribution in [0.3, 0.4) is 0 Å². The van der Waals surface area contributed by atoms with Gasteiger partial charge in [-0.15, -0.1) is 0 Å². The molecule has 0 heterocycles. The third kappa shape index (κ3) is 132. The molecule has 0 aromatic rings. The summed E-state index contributed by atoms with van der Waals surface area (Å²) in [6, 6.07) is 0. The summed E-state index contributed by atoms with van der Waals surface area (Å²) >= 11 is 0. The molecular formula is C7H19KV2-. The summed E-state index contributed by atoms with van der Waals surface area (Å²) in [7, 11) is 0. The summed E-state index contributed by atoms with van der Waals surface area (Å²) in [5, 5.41) is 0.